The molecular formula is C9H13BrN2OS. The van der Waals surface area contributed by atoms with Crippen LogP contribution in [0.2, 0.25) is 0 Å². The van der Waals surface area contributed by atoms with Crippen LogP contribution in [0.1, 0.15) is 11.4 Å². The van der Waals surface area contributed by atoms with Crippen molar-refractivity contribution in [2.75, 3.05) is 12.0 Å². The smallest absolute Gasteiger partial charge is 0.295 e. The van der Waals surface area contributed by atoms with Crippen molar-refractivity contribution in [2.45, 2.75) is 20.4 Å². The monoisotopic (exact) mass is 276 g/mol. The zero-order chi connectivity index (χ0) is 10.7. The number of hydrogen-bond acceptors (Lipinski definition) is 3. The molecule has 0 fully saturated rings. The van der Waals surface area contributed by atoms with Crippen LogP contribution in [-0.2, 0) is 6.54 Å². The quantitative estimate of drug-likeness (QED) is 0.847. The van der Waals surface area contributed by atoms with Crippen molar-refractivity contribution in [1.29, 1.82) is 0 Å². The first-order valence-electron chi connectivity index (χ1n) is 4.30. The first kappa shape index (κ1) is 11.8. The van der Waals surface area contributed by atoms with E-state index in [2.05, 4.69) is 20.9 Å². The number of aryl methyl sites for hydroxylation is 1. The van der Waals surface area contributed by atoms with Gasteiger partial charge in [0.2, 0.25) is 0 Å². The first-order chi connectivity index (χ1) is 6.57. The molecular weight excluding hydrogens is 264 g/mol. The van der Waals surface area contributed by atoms with Crippen molar-refractivity contribution in [3.63, 3.8) is 0 Å². The summed E-state index contributed by atoms with van der Waals surface area (Å²) in [5, 5.41) is 0. The summed E-state index contributed by atoms with van der Waals surface area (Å²) in [6.07, 6.45) is 2.02. The zero-order valence-electron chi connectivity index (χ0n) is 8.50. The van der Waals surface area contributed by atoms with Crippen molar-refractivity contribution in [3.05, 3.63) is 26.3 Å². The molecule has 1 rings (SSSR count). The molecule has 14 heavy (non-hydrogen) atoms. The Morgan fingerprint density at radius 3 is 2.71 bits per heavy atom. The van der Waals surface area contributed by atoms with Crippen molar-refractivity contribution in [3.8, 4) is 0 Å². The Morgan fingerprint density at radius 2 is 2.14 bits per heavy atom. The molecule has 0 aliphatic carbocycles. The van der Waals surface area contributed by atoms with E-state index < -0.39 is 0 Å². The van der Waals surface area contributed by atoms with E-state index in [1.807, 2.05) is 20.1 Å². The number of halogens is 1. The van der Waals surface area contributed by atoms with Gasteiger partial charge < -0.3 is 0 Å². The van der Waals surface area contributed by atoms with E-state index in [9.17, 15) is 4.79 Å². The van der Waals surface area contributed by atoms with Gasteiger partial charge in [-0.05, 0) is 36.0 Å². The highest BCUT2D eigenvalue weighted by atomic mass is 79.9. The standard InChI is InChI=1S/C9H13BrN2OS/c1-6-8(10)7(2)12(4-5-14-3)9(13)11-6/h4-5H2,1-3H3. The van der Waals surface area contributed by atoms with Crippen LogP contribution in [0.3, 0.4) is 0 Å². The second kappa shape index (κ2) is 4.98. The average molecular weight is 277 g/mol. The van der Waals surface area contributed by atoms with Crippen molar-refractivity contribution < 1.29 is 0 Å². The number of nitrogens with zero attached hydrogens (tertiary/aromatic N) is 2. The molecule has 1 aromatic heterocycles. The molecule has 0 N–H and O–H groups in total. The Kier molecular flexibility index (Phi) is 4.19. The van der Waals surface area contributed by atoms with E-state index in [0.717, 1.165) is 28.2 Å². The third-order valence-electron chi connectivity index (χ3n) is 2.05. The summed E-state index contributed by atoms with van der Waals surface area (Å²) in [6, 6.07) is 0. The maximum Gasteiger partial charge on any atom is 0.348 e. The van der Waals surface area contributed by atoms with Gasteiger partial charge in [0.25, 0.3) is 0 Å². The van der Waals surface area contributed by atoms with Gasteiger partial charge in [0.15, 0.2) is 0 Å². The third kappa shape index (κ3) is 2.39. The molecule has 0 spiro atoms. The predicted molar refractivity (Wildman–Crippen MR) is 64.1 cm³/mol. The van der Waals surface area contributed by atoms with Crippen LogP contribution in [0.25, 0.3) is 0 Å². The van der Waals surface area contributed by atoms with Gasteiger partial charge in [-0.15, -0.1) is 0 Å². The third-order valence-corrected chi connectivity index (χ3v) is 3.79. The van der Waals surface area contributed by atoms with Crippen LogP contribution >= 0.6 is 27.7 Å². The maximum absolute atomic E-state index is 11.5. The Bertz CT molecular complexity index is 389. The largest absolute Gasteiger partial charge is 0.348 e. The molecule has 0 radical (unpaired) electrons. The molecule has 0 saturated heterocycles. The van der Waals surface area contributed by atoms with Gasteiger partial charge in [-0.1, -0.05) is 0 Å². The molecule has 0 saturated carbocycles. The van der Waals surface area contributed by atoms with Crippen LogP contribution < -0.4 is 5.69 Å². The normalized spacial score (nSPS) is 10.6. The Morgan fingerprint density at radius 1 is 1.50 bits per heavy atom. The van der Waals surface area contributed by atoms with Crippen molar-refractivity contribution >= 4 is 27.7 Å². The SMILES string of the molecule is CSCCn1c(C)c(Br)c(C)nc1=O. The van der Waals surface area contributed by atoms with Gasteiger partial charge >= 0.3 is 5.69 Å². The molecule has 5 heteroatoms. The highest BCUT2D eigenvalue weighted by Gasteiger charge is 2.07. The van der Waals surface area contributed by atoms with E-state index in [-0.39, 0.29) is 5.69 Å². The van der Waals surface area contributed by atoms with E-state index in [0.29, 0.717) is 0 Å². The second-order valence-electron chi connectivity index (χ2n) is 3.02. The lowest BCUT2D eigenvalue weighted by Gasteiger charge is -2.10. The Balaban J connectivity index is 3.16. The van der Waals surface area contributed by atoms with Gasteiger partial charge in [0.05, 0.1) is 10.2 Å². The summed E-state index contributed by atoms with van der Waals surface area (Å²) in [4.78, 5) is 15.5. The average Bonchev–Trinajstić information content (AvgIpc) is 2.14. The molecule has 78 valence electrons. The van der Waals surface area contributed by atoms with E-state index in [4.69, 9.17) is 0 Å². The minimum Gasteiger partial charge on any atom is -0.295 e. The summed E-state index contributed by atoms with van der Waals surface area (Å²) in [6.45, 7) is 4.48. The lowest BCUT2D eigenvalue weighted by Crippen LogP contribution is -2.27. The van der Waals surface area contributed by atoms with Gasteiger partial charge in [-0.2, -0.15) is 16.7 Å². The highest BCUT2D eigenvalue weighted by Crippen LogP contribution is 2.16. The highest BCUT2D eigenvalue weighted by molar-refractivity contribution is 9.10. The van der Waals surface area contributed by atoms with Crippen LogP contribution in [0.15, 0.2) is 9.27 Å². The lowest BCUT2D eigenvalue weighted by atomic mass is 10.3. The Hall–Kier alpha value is -0.290. The van der Waals surface area contributed by atoms with E-state index in [1.54, 1.807) is 16.3 Å². The van der Waals surface area contributed by atoms with Gasteiger partial charge in [-0.3, -0.25) is 4.57 Å². The summed E-state index contributed by atoms with van der Waals surface area (Å²) < 4.78 is 2.63. The van der Waals surface area contributed by atoms with Gasteiger partial charge in [0.1, 0.15) is 0 Å². The van der Waals surface area contributed by atoms with Crippen LogP contribution in [0.5, 0.6) is 0 Å². The fourth-order valence-corrected chi connectivity index (χ4v) is 1.89. The Labute approximate surface area is 96.1 Å². The van der Waals surface area contributed by atoms with Gasteiger partial charge in [0, 0.05) is 18.0 Å². The number of aromatic nitrogens is 2. The fraction of sp³-hybridized carbons (Fsp3) is 0.556. The van der Waals surface area contributed by atoms with E-state index >= 15 is 0 Å². The second-order valence-corrected chi connectivity index (χ2v) is 4.80. The predicted octanol–water partition coefficient (Wildman–Crippen LogP) is 1.99. The van der Waals surface area contributed by atoms with Crippen molar-refractivity contribution in [2.24, 2.45) is 0 Å². The van der Waals surface area contributed by atoms with Crippen LogP contribution in [0, 0.1) is 13.8 Å². The lowest BCUT2D eigenvalue weighted by molar-refractivity contribution is 0.670. The summed E-state index contributed by atoms with van der Waals surface area (Å²) in [5.41, 5.74) is 1.56. The molecule has 1 aromatic rings. The number of rotatable bonds is 3. The molecule has 0 amide bonds. The molecule has 0 atom stereocenters. The molecule has 0 unspecified atom stereocenters. The van der Waals surface area contributed by atoms with E-state index in [1.165, 1.54) is 0 Å². The molecule has 1 heterocycles. The number of thioether (sulfide) groups is 1. The fourth-order valence-electron chi connectivity index (χ4n) is 1.22. The topological polar surface area (TPSA) is 34.9 Å². The summed E-state index contributed by atoms with van der Waals surface area (Å²) in [5.74, 6) is 0.928. The minimum atomic E-state index is -0.155. The van der Waals surface area contributed by atoms with Crippen LogP contribution in [0.4, 0.5) is 0 Å². The molecule has 3 nitrogen and oxygen atoms in total. The first-order valence-corrected chi connectivity index (χ1v) is 6.49. The van der Waals surface area contributed by atoms with Crippen molar-refractivity contribution in [1.82, 2.24) is 9.55 Å². The molecule has 0 aliphatic rings. The molecule has 0 aromatic carbocycles. The summed E-state index contributed by atoms with van der Waals surface area (Å²) in [7, 11) is 0. The van der Waals surface area contributed by atoms with Crippen LogP contribution in [-0.4, -0.2) is 21.6 Å². The molecule has 0 aliphatic heterocycles. The minimum absolute atomic E-state index is 0.155. The zero-order valence-corrected chi connectivity index (χ0v) is 10.9. The maximum atomic E-state index is 11.5. The number of hydrogen-bond donors (Lipinski definition) is 0. The summed E-state index contributed by atoms with van der Waals surface area (Å²) >= 11 is 5.15. The van der Waals surface area contributed by atoms with Gasteiger partial charge in [-0.25, -0.2) is 4.79 Å². The molecule has 0 bridgehead atoms.